The van der Waals surface area contributed by atoms with Crippen molar-refractivity contribution in [1.29, 1.82) is 0 Å². The molecule has 54 valence electrons. The first-order valence-electron chi connectivity index (χ1n) is 2.61. The summed E-state index contributed by atoms with van der Waals surface area (Å²) in [5, 5.41) is 0. The molecule has 0 atom stereocenters. The Kier molecular flexibility index (Phi) is 8.44. The van der Waals surface area contributed by atoms with E-state index in [-0.39, 0.29) is 35.3 Å². The summed E-state index contributed by atoms with van der Waals surface area (Å²) < 4.78 is 29.7. The monoisotopic (exact) mass is 172 g/mol. The molecule has 10 heavy (non-hydrogen) atoms. The van der Waals surface area contributed by atoms with Crippen LogP contribution in [0.3, 0.4) is 0 Å². The Morgan fingerprint density at radius 1 is 1.50 bits per heavy atom. The first-order valence-corrected chi connectivity index (χ1v) is 4.18. The van der Waals surface area contributed by atoms with Gasteiger partial charge in [-0.1, -0.05) is 6.08 Å². The second-order valence-corrected chi connectivity index (χ2v) is 3.22. The molecule has 0 radical (unpaired) electrons. The van der Waals surface area contributed by atoms with Gasteiger partial charge in [0.15, 0.2) is 0 Å². The molecular formula is C5H9NaO3S. The second-order valence-electron chi connectivity index (χ2n) is 1.69. The standard InChI is InChI=1S/C5H10O3S.Na/c1-2-3-4-5-9(6,7)8;/h2H,1,3-5H2,(H,6,7,8);/q;+1/p-1. The normalized spacial score (nSPS) is 10.1. The fourth-order valence-corrected chi connectivity index (χ4v) is 0.925. The van der Waals surface area contributed by atoms with Crippen molar-refractivity contribution in [2.75, 3.05) is 5.75 Å². The van der Waals surface area contributed by atoms with Gasteiger partial charge in [0.25, 0.3) is 0 Å². The van der Waals surface area contributed by atoms with Gasteiger partial charge in [0.1, 0.15) is 0 Å². The number of rotatable bonds is 4. The molecule has 0 aliphatic rings. The van der Waals surface area contributed by atoms with Gasteiger partial charge in [-0.15, -0.1) is 6.58 Å². The van der Waals surface area contributed by atoms with E-state index in [2.05, 4.69) is 6.58 Å². The summed E-state index contributed by atoms with van der Waals surface area (Å²) in [7, 11) is -3.99. The molecule has 0 unspecified atom stereocenters. The summed E-state index contributed by atoms with van der Waals surface area (Å²) in [5.41, 5.74) is 0. The van der Waals surface area contributed by atoms with Crippen LogP contribution >= 0.6 is 0 Å². The third-order valence-electron chi connectivity index (χ3n) is 0.803. The molecule has 0 fully saturated rings. The summed E-state index contributed by atoms with van der Waals surface area (Å²) in [6.45, 7) is 3.38. The molecule has 0 spiro atoms. The predicted molar refractivity (Wildman–Crippen MR) is 34.0 cm³/mol. The topological polar surface area (TPSA) is 57.2 Å². The largest absolute Gasteiger partial charge is 1.00 e. The van der Waals surface area contributed by atoms with Crippen LogP contribution in [0.2, 0.25) is 0 Å². The molecule has 0 aromatic rings. The Hall–Kier alpha value is 0.650. The summed E-state index contributed by atoms with van der Waals surface area (Å²) in [4.78, 5) is 0. The van der Waals surface area contributed by atoms with Crippen LogP contribution in [0.25, 0.3) is 0 Å². The molecule has 0 aliphatic heterocycles. The Balaban J connectivity index is 0. The number of allylic oxidation sites excluding steroid dienone is 1. The van der Waals surface area contributed by atoms with E-state index in [1.807, 2.05) is 0 Å². The maximum atomic E-state index is 9.92. The van der Waals surface area contributed by atoms with Gasteiger partial charge in [-0.2, -0.15) is 0 Å². The molecule has 0 saturated carbocycles. The number of unbranched alkanes of at least 4 members (excludes halogenated alkanes) is 1. The van der Waals surface area contributed by atoms with Gasteiger partial charge >= 0.3 is 29.6 Å². The van der Waals surface area contributed by atoms with Crippen molar-refractivity contribution in [3.05, 3.63) is 12.7 Å². The Bertz CT molecular complexity index is 173. The van der Waals surface area contributed by atoms with Crippen molar-refractivity contribution in [3.8, 4) is 0 Å². The van der Waals surface area contributed by atoms with E-state index in [1.165, 1.54) is 0 Å². The first kappa shape index (κ1) is 13.3. The van der Waals surface area contributed by atoms with E-state index in [1.54, 1.807) is 6.08 Å². The maximum Gasteiger partial charge on any atom is 1.00 e. The zero-order valence-electron chi connectivity index (χ0n) is 6.04. The Labute approximate surface area is 83.6 Å². The molecule has 0 N–H and O–H groups in total. The van der Waals surface area contributed by atoms with Crippen LogP contribution in [0.5, 0.6) is 0 Å². The summed E-state index contributed by atoms with van der Waals surface area (Å²) in [6, 6.07) is 0. The second kappa shape index (κ2) is 6.37. The zero-order chi connectivity index (χ0) is 7.33. The van der Waals surface area contributed by atoms with Gasteiger partial charge in [-0.3, -0.25) is 0 Å². The van der Waals surface area contributed by atoms with Crippen molar-refractivity contribution in [2.24, 2.45) is 0 Å². The molecule has 3 nitrogen and oxygen atoms in total. The van der Waals surface area contributed by atoms with Gasteiger partial charge in [-0.25, -0.2) is 8.42 Å². The number of hydrogen-bond acceptors (Lipinski definition) is 3. The third kappa shape index (κ3) is 11.4. The van der Waals surface area contributed by atoms with Crippen molar-refractivity contribution in [3.63, 3.8) is 0 Å². The van der Waals surface area contributed by atoms with Crippen molar-refractivity contribution >= 4 is 10.1 Å². The molecule has 0 aliphatic carbocycles. The summed E-state index contributed by atoms with van der Waals surface area (Å²) in [6.07, 6.45) is 2.56. The predicted octanol–water partition coefficient (Wildman–Crippen LogP) is -2.50. The molecule has 0 rings (SSSR count). The maximum absolute atomic E-state index is 9.92. The van der Waals surface area contributed by atoms with Crippen LogP contribution in [-0.2, 0) is 10.1 Å². The molecule has 0 aromatic heterocycles. The van der Waals surface area contributed by atoms with E-state index in [4.69, 9.17) is 0 Å². The third-order valence-corrected chi connectivity index (χ3v) is 1.59. The zero-order valence-corrected chi connectivity index (χ0v) is 8.86. The fraction of sp³-hybridized carbons (Fsp3) is 0.600. The fourth-order valence-electron chi connectivity index (χ4n) is 0.404. The average molecular weight is 172 g/mol. The molecule has 0 bridgehead atoms. The van der Waals surface area contributed by atoms with Crippen LogP contribution in [0, 0.1) is 0 Å². The summed E-state index contributed by atoms with van der Waals surface area (Å²) in [5.74, 6) is -0.279. The van der Waals surface area contributed by atoms with Gasteiger partial charge < -0.3 is 4.55 Å². The van der Waals surface area contributed by atoms with Crippen molar-refractivity contribution in [1.82, 2.24) is 0 Å². The van der Waals surface area contributed by atoms with E-state index in [0.29, 0.717) is 12.8 Å². The minimum atomic E-state index is -3.99. The van der Waals surface area contributed by atoms with E-state index in [9.17, 15) is 13.0 Å². The smallest absolute Gasteiger partial charge is 0.748 e. The molecule has 0 amide bonds. The first-order chi connectivity index (χ1) is 4.06. The van der Waals surface area contributed by atoms with E-state index < -0.39 is 10.1 Å². The van der Waals surface area contributed by atoms with Gasteiger partial charge in [0.05, 0.1) is 10.1 Å². The summed E-state index contributed by atoms with van der Waals surface area (Å²) >= 11 is 0. The number of hydrogen-bond donors (Lipinski definition) is 0. The minimum Gasteiger partial charge on any atom is -0.748 e. The molecular weight excluding hydrogens is 163 g/mol. The molecule has 0 heterocycles. The quantitative estimate of drug-likeness (QED) is 0.204. The average Bonchev–Trinajstić information content (AvgIpc) is 1.63. The SMILES string of the molecule is C=CCCCS(=O)(=O)[O-].[Na+]. The molecule has 0 aromatic carbocycles. The van der Waals surface area contributed by atoms with Gasteiger partial charge in [0, 0.05) is 5.75 Å². The molecule has 5 heteroatoms. The van der Waals surface area contributed by atoms with E-state index >= 15 is 0 Å². The Morgan fingerprint density at radius 3 is 2.30 bits per heavy atom. The van der Waals surface area contributed by atoms with E-state index in [0.717, 1.165) is 0 Å². The van der Waals surface area contributed by atoms with Crippen LogP contribution in [0.15, 0.2) is 12.7 Å². The van der Waals surface area contributed by atoms with Crippen LogP contribution < -0.4 is 29.6 Å². The van der Waals surface area contributed by atoms with Crippen LogP contribution in [0.4, 0.5) is 0 Å². The van der Waals surface area contributed by atoms with Crippen molar-refractivity contribution in [2.45, 2.75) is 12.8 Å². The molecule has 0 saturated heterocycles. The van der Waals surface area contributed by atoms with Crippen LogP contribution in [0.1, 0.15) is 12.8 Å². The van der Waals surface area contributed by atoms with Crippen LogP contribution in [-0.4, -0.2) is 18.7 Å². The van der Waals surface area contributed by atoms with Crippen molar-refractivity contribution < 1.29 is 42.5 Å². The minimum absolute atomic E-state index is 0. The van der Waals surface area contributed by atoms with Gasteiger partial charge in [0.2, 0.25) is 0 Å². The Morgan fingerprint density at radius 2 is 2.00 bits per heavy atom. The van der Waals surface area contributed by atoms with Gasteiger partial charge in [-0.05, 0) is 12.8 Å².